The van der Waals surface area contributed by atoms with Gasteiger partial charge < -0.3 is 5.32 Å². The fourth-order valence-electron chi connectivity index (χ4n) is 1.83. The van der Waals surface area contributed by atoms with Gasteiger partial charge in [-0.05, 0) is 31.9 Å². The van der Waals surface area contributed by atoms with Crippen molar-refractivity contribution in [3.05, 3.63) is 35.4 Å². The fraction of sp³-hybridized carbons (Fsp3) is 0.538. The number of hydrogen-bond acceptors (Lipinski definition) is 3. The van der Waals surface area contributed by atoms with Gasteiger partial charge in [-0.1, -0.05) is 29.8 Å². The lowest BCUT2D eigenvalue weighted by Gasteiger charge is -2.16. The molecular formula is C13H21NO2S. The van der Waals surface area contributed by atoms with Crippen LogP contribution in [0.3, 0.4) is 0 Å². The predicted molar refractivity (Wildman–Crippen MR) is 72.2 cm³/mol. The molecule has 1 atom stereocenters. The molecule has 0 aliphatic carbocycles. The van der Waals surface area contributed by atoms with Crippen LogP contribution in [0.2, 0.25) is 0 Å². The summed E-state index contributed by atoms with van der Waals surface area (Å²) in [7, 11) is -0.991. The lowest BCUT2D eigenvalue weighted by atomic mass is 9.95. The van der Waals surface area contributed by atoms with Crippen LogP contribution in [-0.2, 0) is 9.84 Å². The fourth-order valence-corrected chi connectivity index (χ4v) is 2.54. The smallest absolute Gasteiger partial charge is 0.147 e. The van der Waals surface area contributed by atoms with Crippen LogP contribution >= 0.6 is 0 Å². The molecule has 96 valence electrons. The normalized spacial score (nSPS) is 13.6. The number of rotatable bonds is 6. The van der Waals surface area contributed by atoms with Gasteiger partial charge in [-0.3, -0.25) is 0 Å². The largest absolute Gasteiger partial charge is 0.319 e. The quantitative estimate of drug-likeness (QED) is 0.842. The number of hydrogen-bond donors (Lipinski definition) is 1. The first-order valence-electron chi connectivity index (χ1n) is 5.81. The van der Waals surface area contributed by atoms with Crippen LogP contribution in [-0.4, -0.2) is 34.0 Å². The van der Waals surface area contributed by atoms with E-state index in [2.05, 4.69) is 29.6 Å². The molecule has 0 saturated carbocycles. The van der Waals surface area contributed by atoms with Gasteiger partial charge in [0.2, 0.25) is 0 Å². The first kappa shape index (κ1) is 14.2. The molecule has 4 heteroatoms. The highest BCUT2D eigenvalue weighted by Gasteiger charge is 2.13. The van der Waals surface area contributed by atoms with E-state index in [9.17, 15) is 8.42 Å². The van der Waals surface area contributed by atoms with Gasteiger partial charge in [0, 0.05) is 12.8 Å². The highest BCUT2D eigenvalue weighted by Crippen LogP contribution is 2.20. The molecule has 0 aromatic heterocycles. The van der Waals surface area contributed by atoms with E-state index in [1.807, 2.05) is 14.0 Å². The molecule has 0 amide bonds. The summed E-state index contributed by atoms with van der Waals surface area (Å²) in [6, 6.07) is 8.30. The minimum atomic E-state index is -2.88. The van der Waals surface area contributed by atoms with E-state index in [1.165, 1.54) is 17.4 Å². The molecule has 0 spiro atoms. The molecule has 1 N–H and O–H groups in total. The summed E-state index contributed by atoms with van der Waals surface area (Å²) in [5.41, 5.74) is 2.42. The number of benzene rings is 1. The van der Waals surface area contributed by atoms with Gasteiger partial charge in [-0.2, -0.15) is 0 Å². The van der Waals surface area contributed by atoms with E-state index in [0.29, 0.717) is 6.42 Å². The monoisotopic (exact) mass is 255 g/mol. The maximum Gasteiger partial charge on any atom is 0.147 e. The molecule has 0 aliphatic rings. The second kappa shape index (κ2) is 6.17. The Morgan fingerprint density at radius 3 is 2.29 bits per heavy atom. The highest BCUT2D eigenvalue weighted by molar-refractivity contribution is 7.90. The summed E-state index contributed by atoms with van der Waals surface area (Å²) < 4.78 is 22.4. The molecule has 1 rings (SSSR count). The standard InChI is InChI=1S/C13H21NO2S/c1-11-4-6-12(7-5-11)13(10-14-2)8-9-17(3,15)16/h4-7,13-14H,8-10H2,1-3H3. The van der Waals surface area contributed by atoms with Gasteiger partial charge in [0.05, 0.1) is 5.75 Å². The number of likely N-dealkylation sites (N-methyl/N-ethyl adjacent to an activating group) is 1. The molecule has 0 radical (unpaired) electrons. The lowest BCUT2D eigenvalue weighted by Crippen LogP contribution is -2.20. The van der Waals surface area contributed by atoms with E-state index in [-0.39, 0.29) is 11.7 Å². The minimum Gasteiger partial charge on any atom is -0.319 e. The zero-order chi connectivity index (χ0) is 12.9. The van der Waals surface area contributed by atoms with E-state index in [1.54, 1.807) is 0 Å². The molecule has 0 fully saturated rings. The van der Waals surface area contributed by atoms with Crippen molar-refractivity contribution in [2.24, 2.45) is 0 Å². The molecule has 0 heterocycles. The van der Waals surface area contributed by atoms with Crippen LogP contribution in [0.15, 0.2) is 24.3 Å². The molecule has 1 unspecified atom stereocenters. The highest BCUT2D eigenvalue weighted by atomic mass is 32.2. The Morgan fingerprint density at radius 1 is 1.24 bits per heavy atom. The molecule has 1 aromatic rings. The SMILES string of the molecule is CNCC(CCS(C)(=O)=O)c1ccc(C)cc1. The van der Waals surface area contributed by atoms with Crippen LogP contribution in [0.25, 0.3) is 0 Å². The zero-order valence-electron chi connectivity index (χ0n) is 10.7. The Hall–Kier alpha value is -0.870. The maximum absolute atomic E-state index is 11.2. The van der Waals surface area contributed by atoms with Gasteiger partial charge in [0.15, 0.2) is 0 Å². The average Bonchev–Trinajstić information content (AvgIpc) is 2.24. The van der Waals surface area contributed by atoms with Crippen LogP contribution < -0.4 is 5.32 Å². The topological polar surface area (TPSA) is 46.2 Å². The predicted octanol–water partition coefficient (Wildman–Crippen LogP) is 1.73. The zero-order valence-corrected chi connectivity index (χ0v) is 11.5. The Bertz CT molecular complexity index is 437. The molecule has 1 aromatic carbocycles. The summed E-state index contributed by atoms with van der Waals surface area (Å²) in [6.07, 6.45) is 1.96. The molecular weight excluding hydrogens is 234 g/mol. The first-order chi connectivity index (χ1) is 7.92. The van der Waals surface area contributed by atoms with Crippen LogP contribution in [0.4, 0.5) is 0 Å². The van der Waals surface area contributed by atoms with Crippen molar-refractivity contribution >= 4 is 9.84 Å². The van der Waals surface area contributed by atoms with Gasteiger partial charge in [-0.15, -0.1) is 0 Å². The van der Waals surface area contributed by atoms with Crippen molar-refractivity contribution in [1.82, 2.24) is 5.32 Å². The van der Waals surface area contributed by atoms with Crippen molar-refractivity contribution in [2.75, 3.05) is 25.6 Å². The Labute approximate surface area is 104 Å². The van der Waals surface area contributed by atoms with Crippen molar-refractivity contribution in [1.29, 1.82) is 0 Å². The van der Waals surface area contributed by atoms with E-state index >= 15 is 0 Å². The van der Waals surface area contributed by atoms with E-state index in [4.69, 9.17) is 0 Å². The molecule has 17 heavy (non-hydrogen) atoms. The van der Waals surface area contributed by atoms with Crippen molar-refractivity contribution < 1.29 is 8.42 Å². The van der Waals surface area contributed by atoms with E-state index in [0.717, 1.165) is 6.54 Å². The average molecular weight is 255 g/mol. The Kier molecular flexibility index (Phi) is 5.15. The van der Waals surface area contributed by atoms with Crippen LogP contribution in [0.1, 0.15) is 23.5 Å². The van der Waals surface area contributed by atoms with Gasteiger partial charge >= 0.3 is 0 Å². The third-order valence-corrected chi connectivity index (χ3v) is 3.81. The lowest BCUT2D eigenvalue weighted by molar-refractivity contribution is 0.578. The summed E-state index contributed by atoms with van der Waals surface area (Å²) in [5.74, 6) is 0.503. The third kappa shape index (κ3) is 5.33. The first-order valence-corrected chi connectivity index (χ1v) is 7.87. The summed E-state index contributed by atoms with van der Waals surface area (Å²) in [5, 5.41) is 3.12. The van der Waals surface area contributed by atoms with Crippen LogP contribution in [0, 0.1) is 6.92 Å². The van der Waals surface area contributed by atoms with Crippen molar-refractivity contribution in [3.63, 3.8) is 0 Å². The molecule has 0 saturated heterocycles. The minimum absolute atomic E-state index is 0.243. The Balaban J connectivity index is 2.75. The summed E-state index contributed by atoms with van der Waals surface area (Å²) in [6.45, 7) is 2.85. The van der Waals surface area contributed by atoms with Crippen molar-refractivity contribution in [3.8, 4) is 0 Å². The van der Waals surface area contributed by atoms with E-state index < -0.39 is 9.84 Å². The molecule has 0 aliphatic heterocycles. The molecule has 3 nitrogen and oxygen atoms in total. The second-order valence-electron chi connectivity index (χ2n) is 4.58. The van der Waals surface area contributed by atoms with Gasteiger partial charge in [-0.25, -0.2) is 8.42 Å². The molecule has 0 bridgehead atoms. The van der Waals surface area contributed by atoms with Gasteiger partial charge in [0.25, 0.3) is 0 Å². The number of sulfone groups is 1. The maximum atomic E-state index is 11.2. The Morgan fingerprint density at radius 2 is 1.82 bits per heavy atom. The second-order valence-corrected chi connectivity index (χ2v) is 6.84. The summed E-state index contributed by atoms with van der Waals surface area (Å²) >= 11 is 0. The van der Waals surface area contributed by atoms with Crippen molar-refractivity contribution in [2.45, 2.75) is 19.3 Å². The third-order valence-electron chi connectivity index (χ3n) is 2.84. The summed E-state index contributed by atoms with van der Waals surface area (Å²) in [4.78, 5) is 0. The number of aryl methyl sites for hydroxylation is 1. The van der Waals surface area contributed by atoms with Gasteiger partial charge in [0.1, 0.15) is 9.84 Å². The van der Waals surface area contributed by atoms with Crippen LogP contribution in [0.5, 0.6) is 0 Å². The number of nitrogens with one attached hydrogen (secondary N) is 1.